The molecule has 10 heteroatoms. The Balaban J connectivity index is 1.85. The van der Waals surface area contributed by atoms with Crippen molar-refractivity contribution in [1.82, 2.24) is 0 Å². The fourth-order valence-electron chi connectivity index (χ4n) is 2.94. The smallest absolute Gasteiger partial charge is 0.271 e. The summed E-state index contributed by atoms with van der Waals surface area (Å²) in [6.07, 6.45) is -0.381. The van der Waals surface area contributed by atoms with Gasteiger partial charge in [0.15, 0.2) is 6.10 Å². The summed E-state index contributed by atoms with van der Waals surface area (Å²) in [5, 5.41) is 14.1. The number of carbonyl (C=O) groups excluding carboxylic acids is 2. The van der Waals surface area contributed by atoms with E-state index in [0.29, 0.717) is 28.6 Å². The molecule has 2 aromatic carbocycles. The number of nitrogens with one attached hydrogen (secondary N) is 1. The van der Waals surface area contributed by atoms with Gasteiger partial charge in [-0.15, -0.1) is 0 Å². The average molecular weight is 420 g/mol. The SMILES string of the molecule is CCC1Oc2ccc([N+](=O)[O-])cc2N(CC(=O)Nc2ccc(OC)c(Cl)c2)C1=O. The highest BCUT2D eigenvalue weighted by Gasteiger charge is 2.35. The monoisotopic (exact) mass is 419 g/mol. The molecule has 0 aliphatic carbocycles. The molecule has 0 spiro atoms. The third-order valence-electron chi connectivity index (χ3n) is 4.36. The number of nitro groups is 1. The number of nitro benzene ring substituents is 1. The number of anilines is 2. The van der Waals surface area contributed by atoms with E-state index in [0.717, 1.165) is 0 Å². The van der Waals surface area contributed by atoms with E-state index in [1.807, 2.05) is 0 Å². The average Bonchev–Trinajstić information content (AvgIpc) is 2.69. The zero-order chi connectivity index (χ0) is 21.1. The van der Waals surface area contributed by atoms with E-state index in [4.69, 9.17) is 21.1 Å². The number of fused-ring (bicyclic) bond motifs is 1. The van der Waals surface area contributed by atoms with Crippen molar-refractivity contribution >= 4 is 40.5 Å². The molecule has 0 aromatic heterocycles. The van der Waals surface area contributed by atoms with Gasteiger partial charge in [-0.2, -0.15) is 0 Å². The second kappa shape index (κ2) is 8.36. The Bertz CT molecular complexity index is 980. The molecule has 1 unspecified atom stereocenters. The number of hydrogen-bond acceptors (Lipinski definition) is 6. The predicted octanol–water partition coefficient (Wildman–Crippen LogP) is 3.40. The van der Waals surface area contributed by atoms with Crippen LogP contribution in [0.4, 0.5) is 17.1 Å². The first-order valence-electron chi connectivity index (χ1n) is 8.74. The zero-order valence-electron chi connectivity index (χ0n) is 15.7. The van der Waals surface area contributed by atoms with Crippen LogP contribution in [-0.2, 0) is 9.59 Å². The molecule has 1 aliphatic heterocycles. The van der Waals surface area contributed by atoms with Gasteiger partial charge in [-0.1, -0.05) is 18.5 Å². The molecule has 2 amide bonds. The molecule has 1 atom stereocenters. The van der Waals surface area contributed by atoms with Gasteiger partial charge in [-0.05, 0) is 30.7 Å². The van der Waals surface area contributed by atoms with E-state index in [9.17, 15) is 19.7 Å². The number of amides is 2. The van der Waals surface area contributed by atoms with Gasteiger partial charge in [0.25, 0.3) is 11.6 Å². The summed E-state index contributed by atoms with van der Waals surface area (Å²) in [4.78, 5) is 37.0. The summed E-state index contributed by atoms with van der Waals surface area (Å²) in [6.45, 7) is 1.44. The first-order valence-corrected chi connectivity index (χ1v) is 9.11. The largest absolute Gasteiger partial charge is 0.495 e. The Labute approximate surface area is 171 Å². The number of ether oxygens (including phenoxy) is 2. The highest BCUT2D eigenvalue weighted by Crippen LogP contribution is 2.37. The van der Waals surface area contributed by atoms with Crippen molar-refractivity contribution in [3.63, 3.8) is 0 Å². The van der Waals surface area contributed by atoms with E-state index in [-0.39, 0.29) is 17.9 Å². The van der Waals surface area contributed by atoms with Crippen molar-refractivity contribution in [2.24, 2.45) is 0 Å². The lowest BCUT2D eigenvalue weighted by atomic mass is 10.1. The third-order valence-corrected chi connectivity index (χ3v) is 4.66. The van der Waals surface area contributed by atoms with E-state index in [2.05, 4.69) is 5.32 Å². The number of rotatable bonds is 6. The van der Waals surface area contributed by atoms with Crippen LogP contribution in [0.3, 0.4) is 0 Å². The molecule has 29 heavy (non-hydrogen) atoms. The number of non-ortho nitro benzene ring substituents is 1. The molecule has 1 N–H and O–H groups in total. The van der Waals surface area contributed by atoms with Crippen molar-refractivity contribution in [3.05, 3.63) is 51.5 Å². The summed E-state index contributed by atoms with van der Waals surface area (Å²) >= 11 is 6.06. The second-order valence-corrected chi connectivity index (χ2v) is 6.65. The summed E-state index contributed by atoms with van der Waals surface area (Å²) < 4.78 is 10.7. The van der Waals surface area contributed by atoms with Gasteiger partial charge >= 0.3 is 0 Å². The summed E-state index contributed by atoms with van der Waals surface area (Å²) in [5.41, 5.74) is 0.395. The first-order chi connectivity index (χ1) is 13.8. The number of halogens is 1. The highest BCUT2D eigenvalue weighted by atomic mass is 35.5. The van der Waals surface area contributed by atoms with Gasteiger partial charge in [-0.3, -0.25) is 24.6 Å². The lowest BCUT2D eigenvalue weighted by Gasteiger charge is -2.33. The minimum atomic E-state index is -0.771. The molecule has 152 valence electrons. The highest BCUT2D eigenvalue weighted by molar-refractivity contribution is 6.32. The predicted molar refractivity (Wildman–Crippen MR) is 107 cm³/mol. The van der Waals surface area contributed by atoms with Crippen LogP contribution in [0.25, 0.3) is 0 Å². The summed E-state index contributed by atoms with van der Waals surface area (Å²) in [5.74, 6) is -0.167. The van der Waals surface area contributed by atoms with Gasteiger partial charge < -0.3 is 14.8 Å². The van der Waals surface area contributed by atoms with Crippen molar-refractivity contribution < 1.29 is 24.0 Å². The Kier molecular flexibility index (Phi) is 5.88. The molecule has 0 saturated heterocycles. The lowest BCUT2D eigenvalue weighted by Crippen LogP contribution is -2.48. The number of nitrogens with zero attached hydrogens (tertiary/aromatic N) is 2. The maximum Gasteiger partial charge on any atom is 0.271 e. The fraction of sp³-hybridized carbons (Fsp3) is 0.263. The topological polar surface area (TPSA) is 111 Å². The molecule has 1 heterocycles. The van der Waals surface area contributed by atoms with Crippen molar-refractivity contribution in [3.8, 4) is 11.5 Å². The standard InChI is InChI=1S/C19H18ClN3O6/c1-3-15-19(25)22(14-9-12(23(26)27)5-7-17(14)29-15)10-18(24)21-11-4-6-16(28-2)13(20)8-11/h4-9,15H,3,10H2,1-2H3,(H,21,24). The molecule has 0 radical (unpaired) electrons. The van der Waals surface area contributed by atoms with Gasteiger partial charge in [0, 0.05) is 17.8 Å². The molecule has 9 nitrogen and oxygen atoms in total. The summed E-state index contributed by atoms with van der Waals surface area (Å²) in [7, 11) is 1.48. The molecule has 0 saturated carbocycles. The van der Waals surface area contributed by atoms with E-state index >= 15 is 0 Å². The van der Waals surface area contributed by atoms with Crippen LogP contribution in [0.5, 0.6) is 11.5 Å². The molecule has 3 rings (SSSR count). The van der Waals surface area contributed by atoms with Gasteiger partial charge in [0.1, 0.15) is 18.0 Å². The molecular formula is C19H18ClN3O6. The van der Waals surface area contributed by atoms with E-state index < -0.39 is 22.8 Å². The van der Waals surface area contributed by atoms with Gasteiger partial charge in [0.05, 0.1) is 22.7 Å². The number of benzene rings is 2. The maximum atomic E-state index is 12.7. The van der Waals surface area contributed by atoms with Gasteiger partial charge in [0.2, 0.25) is 5.91 Å². The van der Waals surface area contributed by atoms with Crippen LogP contribution >= 0.6 is 11.6 Å². The van der Waals surface area contributed by atoms with Crippen molar-refractivity contribution in [2.75, 3.05) is 23.9 Å². The maximum absolute atomic E-state index is 12.7. The normalized spacial score (nSPS) is 15.3. The molecule has 1 aliphatic rings. The Hall–Kier alpha value is -3.33. The van der Waals surface area contributed by atoms with Crippen molar-refractivity contribution in [2.45, 2.75) is 19.4 Å². The van der Waals surface area contributed by atoms with Crippen molar-refractivity contribution in [1.29, 1.82) is 0 Å². The van der Waals surface area contributed by atoms with Crippen LogP contribution in [-0.4, -0.2) is 36.5 Å². The van der Waals surface area contributed by atoms with E-state index in [1.54, 1.807) is 19.1 Å². The Morgan fingerprint density at radius 3 is 2.72 bits per heavy atom. The number of carbonyl (C=O) groups is 2. The van der Waals surface area contributed by atoms with E-state index in [1.165, 1.54) is 36.3 Å². The van der Waals surface area contributed by atoms with Crippen LogP contribution in [0.1, 0.15) is 13.3 Å². The second-order valence-electron chi connectivity index (χ2n) is 6.25. The Morgan fingerprint density at radius 2 is 2.10 bits per heavy atom. The minimum Gasteiger partial charge on any atom is -0.495 e. The number of methoxy groups -OCH3 is 1. The molecule has 0 fully saturated rings. The zero-order valence-corrected chi connectivity index (χ0v) is 16.4. The van der Waals surface area contributed by atoms with Crippen LogP contribution in [0.15, 0.2) is 36.4 Å². The van der Waals surface area contributed by atoms with Crippen LogP contribution in [0, 0.1) is 10.1 Å². The minimum absolute atomic E-state index is 0.178. The number of hydrogen-bond donors (Lipinski definition) is 1. The first kappa shape index (κ1) is 20.4. The quantitative estimate of drug-likeness (QED) is 0.567. The molecular weight excluding hydrogens is 402 g/mol. The van der Waals surface area contributed by atoms with Crippen LogP contribution < -0.4 is 19.7 Å². The lowest BCUT2D eigenvalue weighted by molar-refractivity contribution is -0.384. The molecule has 0 bridgehead atoms. The fourth-order valence-corrected chi connectivity index (χ4v) is 3.19. The van der Waals surface area contributed by atoms with Crippen LogP contribution in [0.2, 0.25) is 5.02 Å². The third kappa shape index (κ3) is 4.24. The molecule has 2 aromatic rings. The Morgan fingerprint density at radius 1 is 1.34 bits per heavy atom. The summed E-state index contributed by atoms with van der Waals surface area (Å²) in [6, 6.07) is 8.67. The van der Waals surface area contributed by atoms with Gasteiger partial charge in [-0.25, -0.2) is 0 Å².